The first-order chi connectivity index (χ1) is 19.7. The summed E-state index contributed by atoms with van der Waals surface area (Å²) in [6.07, 6.45) is 12.1. The fourth-order valence-electron chi connectivity index (χ4n) is 7.43. The highest BCUT2D eigenvalue weighted by Crippen LogP contribution is 2.33. The first-order valence-corrected chi connectivity index (χ1v) is 17.3. The van der Waals surface area contributed by atoms with Crippen molar-refractivity contribution in [2.24, 2.45) is 17.8 Å². The van der Waals surface area contributed by atoms with Gasteiger partial charge >= 0.3 is 6.03 Å². The maximum Gasteiger partial charge on any atom is 0.320 e. The number of rotatable bonds is 6. The van der Waals surface area contributed by atoms with Crippen LogP contribution in [0.2, 0.25) is 0 Å². The number of aromatic nitrogens is 2. The van der Waals surface area contributed by atoms with Gasteiger partial charge in [-0.05, 0) is 96.6 Å². The number of carbonyl (C=O) groups is 1. The smallest absolute Gasteiger partial charge is 0.320 e. The van der Waals surface area contributed by atoms with Gasteiger partial charge in [-0.15, -0.1) is 0 Å². The molecule has 3 fully saturated rings. The van der Waals surface area contributed by atoms with Gasteiger partial charge in [0.15, 0.2) is 0 Å². The van der Waals surface area contributed by atoms with Crippen LogP contribution in [0, 0.1) is 17.8 Å². The number of urea groups is 1. The molecule has 0 bridgehead atoms. The second-order valence-electron chi connectivity index (χ2n) is 14.1. The Morgan fingerprint density at radius 2 is 1.44 bits per heavy atom. The second kappa shape index (κ2) is 15.2. The van der Waals surface area contributed by atoms with Crippen molar-refractivity contribution in [2.75, 3.05) is 52.4 Å². The zero-order chi connectivity index (χ0) is 29.5. The molecule has 2 unspecified atom stereocenters. The third-order valence-electron chi connectivity index (χ3n) is 11.0. The monoisotopic (exact) mass is 570 g/mol. The Labute approximate surface area is 252 Å². The van der Waals surface area contributed by atoms with Crippen LogP contribution in [0.4, 0.5) is 4.79 Å². The average molecular weight is 571 g/mol. The molecule has 0 aromatic carbocycles. The fraction of sp³-hybridized carbons (Fsp3) is 0.882. The van der Waals surface area contributed by atoms with E-state index >= 15 is 0 Å². The number of nitrogens with zero attached hydrogens (tertiary/aromatic N) is 6. The number of carbonyl (C=O) groups excluding carboxylic acids is 1. The maximum atomic E-state index is 12.5. The van der Waals surface area contributed by atoms with Gasteiger partial charge in [0, 0.05) is 75.7 Å². The van der Waals surface area contributed by atoms with Gasteiger partial charge in [0.2, 0.25) is 0 Å². The molecule has 0 radical (unpaired) electrons. The molecule has 0 N–H and O–H groups in total. The number of amides is 2. The van der Waals surface area contributed by atoms with E-state index in [2.05, 4.69) is 78.8 Å². The second-order valence-corrected chi connectivity index (χ2v) is 14.1. The summed E-state index contributed by atoms with van der Waals surface area (Å²) in [5.41, 5.74) is 1.49. The summed E-state index contributed by atoms with van der Waals surface area (Å²) < 4.78 is 2.55. The molecule has 0 aliphatic carbocycles. The van der Waals surface area contributed by atoms with Gasteiger partial charge in [-0.1, -0.05) is 34.1 Å². The number of hydrogen-bond acceptors (Lipinski definition) is 4. The number of imidazole rings is 1. The van der Waals surface area contributed by atoms with Gasteiger partial charge in [0.1, 0.15) is 5.82 Å². The van der Waals surface area contributed by atoms with Gasteiger partial charge in [-0.3, -0.25) is 4.90 Å². The lowest BCUT2D eigenvalue weighted by atomic mass is 9.86. The summed E-state index contributed by atoms with van der Waals surface area (Å²) in [5, 5.41) is 0. The highest BCUT2D eigenvalue weighted by Gasteiger charge is 2.30. The van der Waals surface area contributed by atoms with Crippen LogP contribution in [-0.2, 0) is 13.0 Å². The molecular formula is C34H62N6O. The van der Waals surface area contributed by atoms with Crippen LogP contribution < -0.4 is 0 Å². The molecule has 7 nitrogen and oxygen atoms in total. The lowest BCUT2D eigenvalue weighted by Gasteiger charge is -2.41. The molecule has 5 heterocycles. The van der Waals surface area contributed by atoms with Crippen molar-refractivity contribution in [3.63, 3.8) is 0 Å². The minimum atomic E-state index is 0.281. The van der Waals surface area contributed by atoms with Crippen LogP contribution in [0.25, 0.3) is 0 Å². The van der Waals surface area contributed by atoms with Crippen LogP contribution in [0.15, 0.2) is 6.20 Å². The summed E-state index contributed by atoms with van der Waals surface area (Å²) in [6, 6.07) is 1.61. The predicted octanol–water partition coefficient (Wildman–Crippen LogP) is 6.33. The first kappa shape index (κ1) is 32.3. The molecule has 2 atom stereocenters. The van der Waals surface area contributed by atoms with Gasteiger partial charge in [0.25, 0.3) is 0 Å². The number of piperazine rings is 1. The molecule has 41 heavy (non-hydrogen) atoms. The van der Waals surface area contributed by atoms with Crippen LogP contribution >= 0.6 is 0 Å². The fourth-order valence-corrected chi connectivity index (χ4v) is 7.43. The lowest BCUT2D eigenvalue weighted by Crippen LogP contribution is -2.55. The molecular weight excluding hydrogens is 508 g/mol. The topological polar surface area (TPSA) is 47.9 Å². The lowest BCUT2D eigenvalue weighted by molar-refractivity contribution is 0.0858. The summed E-state index contributed by atoms with van der Waals surface area (Å²) in [7, 11) is 0. The van der Waals surface area contributed by atoms with E-state index in [1.807, 2.05) is 0 Å². The average Bonchev–Trinajstić information content (AvgIpc) is 3.44. The van der Waals surface area contributed by atoms with Gasteiger partial charge in [-0.2, -0.15) is 0 Å². The van der Waals surface area contributed by atoms with E-state index in [0.717, 1.165) is 57.0 Å². The minimum Gasteiger partial charge on any atom is -0.332 e. The van der Waals surface area contributed by atoms with Crippen LogP contribution in [0.1, 0.15) is 111 Å². The standard InChI is InChI=1S/C18H31N3.C16H31N3O/c1-13(2)16-7-10-21-17(11-16)12-19-18(21)15-5-8-20(9-6-15)14(3)4;1-4-14(3)17-10-12-19(13-11-17)16(20)18-8-6-15(5-2)7-9-18/h12-16H,5-11H2,1-4H3;14-15H,4-13H2,1-3H3. The molecule has 2 amide bonds. The first-order valence-electron chi connectivity index (χ1n) is 17.3. The highest BCUT2D eigenvalue weighted by atomic mass is 16.2. The molecule has 7 heteroatoms. The van der Waals surface area contributed by atoms with E-state index in [9.17, 15) is 4.79 Å². The van der Waals surface area contributed by atoms with E-state index in [1.54, 1.807) is 0 Å². The van der Waals surface area contributed by atoms with E-state index in [-0.39, 0.29) is 6.03 Å². The largest absolute Gasteiger partial charge is 0.332 e. The zero-order valence-electron chi connectivity index (χ0n) is 27.7. The van der Waals surface area contributed by atoms with Gasteiger partial charge < -0.3 is 19.3 Å². The molecule has 234 valence electrons. The van der Waals surface area contributed by atoms with Crippen LogP contribution in [-0.4, -0.2) is 99.6 Å². The Balaban J connectivity index is 0.000000189. The maximum absolute atomic E-state index is 12.5. The van der Waals surface area contributed by atoms with Gasteiger partial charge in [-0.25, -0.2) is 9.78 Å². The van der Waals surface area contributed by atoms with Crippen molar-refractivity contribution >= 4 is 6.03 Å². The third-order valence-corrected chi connectivity index (χ3v) is 11.0. The van der Waals surface area contributed by atoms with E-state index in [4.69, 9.17) is 4.98 Å². The molecule has 1 aromatic rings. The van der Waals surface area contributed by atoms with E-state index in [1.165, 1.54) is 82.5 Å². The summed E-state index contributed by atoms with van der Waals surface area (Å²) in [6.45, 7) is 25.6. The molecule has 1 aromatic heterocycles. The van der Waals surface area contributed by atoms with Crippen molar-refractivity contribution in [3.05, 3.63) is 17.7 Å². The van der Waals surface area contributed by atoms with Crippen molar-refractivity contribution < 1.29 is 4.79 Å². The Morgan fingerprint density at radius 1 is 0.805 bits per heavy atom. The molecule has 0 spiro atoms. The normalized spacial score (nSPS) is 24.4. The number of piperidine rings is 2. The molecule has 0 saturated carbocycles. The molecule has 4 aliphatic heterocycles. The number of hydrogen-bond donors (Lipinski definition) is 0. The third kappa shape index (κ3) is 8.28. The molecule has 3 saturated heterocycles. The molecule has 4 aliphatic rings. The van der Waals surface area contributed by atoms with Gasteiger partial charge in [0.05, 0.1) is 0 Å². The van der Waals surface area contributed by atoms with Crippen molar-refractivity contribution in [2.45, 2.75) is 124 Å². The molecule has 5 rings (SSSR count). The van der Waals surface area contributed by atoms with Crippen molar-refractivity contribution in [1.29, 1.82) is 0 Å². The zero-order valence-corrected chi connectivity index (χ0v) is 27.7. The van der Waals surface area contributed by atoms with Crippen molar-refractivity contribution in [1.82, 2.24) is 29.2 Å². The quantitative estimate of drug-likeness (QED) is 0.401. The van der Waals surface area contributed by atoms with E-state index in [0.29, 0.717) is 18.0 Å². The van der Waals surface area contributed by atoms with Crippen molar-refractivity contribution in [3.8, 4) is 0 Å². The Morgan fingerprint density at radius 3 is 2.00 bits per heavy atom. The van der Waals surface area contributed by atoms with Crippen LogP contribution in [0.5, 0.6) is 0 Å². The Bertz CT molecular complexity index is 920. The summed E-state index contributed by atoms with van der Waals surface area (Å²) in [5.74, 6) is 4.55. The summed E-state index contributed by atoms with van der Waals surface area (Å²) in [4.78, 5) is 26.6. The van der Waals surface area contributed by atoms with E-state index < -0.39 is 0 Å². The number of likely N-dealkylation sites (tertiary alicyclic amines) is 2. The number of fused-ring (bicyclic) bond motifs is 1. The van der Waals surface area contributed by atoms with Crippen LogP contribution in [0.3, 0.4) is 0 Å². The minimum absolute atomic E-state index is 0.281. The Kier molecular flexibility index (Phi) is 12.0. The predicted molar refractivity (Wildman–Crippen MR) is 170 cm³/mol. The summed E-state index contributed by atoms with van der Waals surface area (Å²) >= 11 is 0. The highest BCUT2D eigenvalue weighted by molar-refractivity contribution is 5.74. The SMILES string of the molecule is CC(C)C1CCn2c(cnc2C2CCN(C(C)C)CC2)C1.CCC1CCN(C(=O)N2CCN(C(C)CC)CC2)CC1. The Hall–Kier alpha value is -1.60.